The molecule has 1 aromatic heterocycles. The smallest absolute Gasteiger partial charge is 0.337 e. The minimum atomic E-state index is -1.75. The predicted octanol–water partition coefficient (Wildman–Crippen LogP) is -1.79. The van der Waals surface area contributed by atoms with Crippen LogP contribution in [0.15, 0.2) is 6.20 Å². The number of esters is 1. The first-order valence-electron chi connectivity index (χ1n) is 4.29. The molecule has 0 radical (unpaired) electrons. The highest BCUT2D eigenvalue weighted by Crippen LogP contribution is 2.17. The third-order valence-corrected chi connectivity index (χ3v) is 1.89. The maximum absolute atomic E-state index is 10.9. The first kappa shape index (κ1) is 12.1. The Bertz CT molecular complexity index is 398. The number of hydrogen-bond donors (Lipinski definition) is 4. The van der Waals surface area contributed by atoms with Crippen LogP contribution in [0.4, 0.5) is 11.6 Å². The topological polar surface area (TPSA) is 145 Å². The van der Waals surface area contributed by atoms with Gasteiger partial charge in [-0.15, -0.1) is 0 Å². The van der Waals surface area contributed by atoms with Crippen LogP contribution in [0.3, 0.4) is 0 Å². The summed E-state index contributed by atoms with van der Waals surface area (Å²) >= 11 is 0. The fourth-order valence-electron chi connectivity index (χ4n) is 0.981. The van der Waals surface area contributed by atoms with Crippen molar-refractivity contribution >= 4 is 17.6 Å². The van der Waals surface area contributed by atoms with Gasteiger partial charge in [0, 0.05) is 0 Å². The van der Waals surface area contributed by atoms with Crippen molar-refractivity contribution in [3.63, 3.8) is 0 Å². The lowest BCUT2D eigenvalue weighted by atomic mass is 10.1. The molecule has 2 unspecified atom stereocenters. The molecule has 0 saturated carbocycles. The number of nitrogens with zero attached hydrogens (tertiary/aromatic N) is 2. The number of ether oxygens (including phenoxy) is 1. The van der Waals surface area contributed by atoms with Crippen LogP contribution in [-0.4, -0.2) is 39.4 Å². The van der Waals surface area contributed by atoms with Crippen molar-refractivity contribution in [2.75, 3.05) is 18.6 Å². The number of rotatable bonds is 3. The number of nitrogen functional groups attached to an aromatic ring is 2. The maximum atomic E-state index is 10.9. The average Bonchev–Trinajstić information content (AvgIpc) is 2.29. The van der Waals surface area contributed by atoms with E-state index in [1.54, 1.807) is 0 Å². The third-order valence-electron chi connectivity index (χ3n) is 1.89. The zero-order valence-electron chi connectivity index (χ0n) is 8.49. The lowest BCUT2D eigenvalue weighted by Crippen LogP contribution is -2.29. The fraction of sp³-hybridized carbons (Fsp3) is 0.375. The molecule has 2 atom stereocenters. The second-order valence-corrected chi connectivity index (χ2v) is 2.98. The summed E-state index contributed by atoms with van der Waals surface area (Å²) in [5.41, 5.74) is 10.6. The van der Waals surface area contributed by atoms with Crippen molar-refractivity contribution in [3.05, 3.63) is 11.9 Å². The number of hydrogen-bond acceptors (Lipinski definition) is 8. The van der Waals surface area contributed by atoms with Crippen LogP contribution in [0.2, 0.25) is 0 Å². The highest BCUT2D eigenvalue weighted by Gasteiger charge is 2.28. The van der Waals surface area contributed by atoms with E-state index in [0.29, 0.717) is 0 Å². The minimum absolute atomic E-state index is 0.00325. The minimum Gasteiger partial charge on any atom is -0.467 e. The largest absolute Gasteiger partial charge is 0.467 e. The summed E-state index contributed by atoms with van der Waals surface area (Å²) in [4.78, 5) is 18.3. The monoisotopic (exact) mass is 228 g/mol. The molecule has 0 spiro atoms. The van der Waals surface area contributed by atoms with E-state index in [-0.39, 0.29) is 17.3 Å². The number of aliphatic hydroxyl groups excluding tert-OH is 2. The third kappa shape index (κ3) is 2.35. The normalized spacial score (nSPS) is 14.2. The standard InChI is InChI=1S/C8H12N4O4/c1-16-8(15)5(14)4(13)3-2-11-6(9)7(10)12-3/h2,4-5,13-14H,1H3,(H2,9,11)(H2,10,12). The van der Waals surface area contributed by atoms with Gasteiger partial charge in [-0.1, -0.05) is 0 Å². The van der Waals surface area contributed by atoms with E-state index in [9.17, 15) is 15.0 Å². The first-order chi connectivity index (χ1) is 7.47. The number of aromatic nitrogens is 2. The van der Waals surface area contributed by atoms with Crippen LogP contribution in [0.25, 0.3) is 0 Å². The quantitative estimate of drug-likeness (QED) is 0.444. The van der Waals surface area contributed by atoms with E-state index in [1.807, 2.05) is 0 Å². The second-order valence-electron chi connectivity index (χ2n) is 2.98. The van der Waals surface area contributed by atoms with Gasteiger partial charge in [0.25, 0.3) is 0 Å². The van der Waals surface area contributed by atoms with Crippen LogP contribution in [0, 0.1) is 0 Å². The molecule has 6 N–H and O–H groups in total. The van der Waals surface area contributed by atoms with Crippen molar-refractivity contribution in [2.45, 2.75) is 12.2 Å². The molecule has 0 aromatic carbocycles. The Balaban J connectivity index is 2.91. The Hall–Kier alpha value is -1.93. The van der Waals surface area contributed by atoms with Gasteiger partial charge < -0.3 is 26.4 Å². The molecule has 0 fully saturated rings. The maximum Gasteiger partial charge on any atom is 0.337 e. The molecule has 88 valence electrons. The van der Waals surface area contributed by atoms with Gasteiger partial charge in [0.2, 0.25) is 0 Å². The van der Waals surface area contributed by atoms with Gasteiger partial charge in [0.15, 0.2) is 17.7 Å². The molecule has 8 heteroatoms. The molecule has 1 heterocycles. The van der Waals surface area contributed by atoms with Crippen LogP contribution in [0.5, 0.6) is 0 Å². The Labute approximate surface area is 90.9 Å². The lowest BCUT2D eigenvalue weighted by molar-refractivity contribution is -0.157. The Morgan fingerprint density at radius 3 is 2.56 bits per heavy atom. The Morgan fingerprint density at radius 2 is 2.06 bits per heavy atom. The SMILES string of the molecule is COC(=O)C(O)C(O)c1cnc(N)c(N)n1. The number of anilines is 2. The van der Waals surface area contributed by atoms with E-state index in [2.05, 4.69) is 14.7 Å². The molecule has 16 heavy (non-hydrogen) atoms. The number of carbonyl (C=O) groups is 1. The highest BCUT2D eigenvalue weighted by molar-refractivity contribution is 5.75. The van der Waals surface area contributed by atoms with E-state index in [4.69, 9.17) is 11.5 Å². The molecule has 0 aliphatic carbocycles. The summed E-state index contributed by atoms with van der Waals surface area (Å²) < 4.78 is 4.26. The summed E-state index contributed by atoms with van der Waals surface area (Å²) in [7, 11) is 1.08. The van der Waals surface area contributed by atoms with Gasteiger partial charge in [-0.3, -0.25) is 0 Å². The van der Waals surface area contributed by atoms with Crippen LogP contribution >= 0.6 is 0 Å². The van der Waals surface area contributed by atoms with Crippen molar-refractivity contribution in [2.24, 2.45) is 0 Å². The second kappa shape index (κ2) is 4.73. The number of nitrogens with two attached hydrogens (primary N) is 2. The molecular weight excluding hydrogens is 216 g/mol. The Kier molecular flexibility index (Phi) is 3.59. The number of aliphatic hydroxyl groups is 2. The summed E-state index contributed by atoms with van der Waals surface area (Å²) in [5.74, 6) is -1.07. The Morgan fingerprint density at radius 1 is 1.44 bits per heavy atom. The predicted molar refractivity (Wildman–Crippen MR) is 53.8 cm³/mol. The van der Waals surface area contributed by atoms with Crippen LogP contribution in [-0.2, 0) is 9.53 Å². The molecule has 0 aliphatic heterocycles. The van der Waals surface area contributed by atoms with Crippen molar-refractivity contribution in [1.29, 1.82) is 0 Å². The summed E-state index contributed by atoms with van der Waals surface area (Å²) in [6.45, 7) is 0. The summed E-state index contributed by atoms with van der Waals surface area (Å²) in [6.07, 6.45) is -2.20. The summed E-state index contributed by atoms with van der Waals surface area (Å²) in [6, 6.07) is 0. The molecule has 1 aromatic rings. The van der Waals surface area contributed by atoms with Gasteiger partial charge in [-0.25, -0.2) is 14.8 Å². The van der Waals surface area contributed by atoms with Crippen molar-refractivity contribution < 1.29 is 19.7 Å². The van der Waals surface area contributed by atoms with Gasteiger partial charge in [0.1, 0.15) is 6.10 Å². The van der Waals surface area contributed by atoms with Crippen molar-refractivity contribution in [3.8, 4) is 0 Å². The zero-order valence-corrected chi connectivity index (χ0v) is 8.49. The zero-order chi connectivity index (χ0) is 12.3. The molecule has 1 rings (SSSR count). The molecule has 0 aliphatic rings. The highest BCUT2D eigenvalue weighted by atomic mass is 16.5. The van der Waals surface area contributed by atoms with Crippen LogP contribution in [0.1, 0.15) is 11.8 Å². The van der Waals surface area contributed by atoms with Gasteiger partial charge in [-0.05, 0) is 0 Å². The van der Waals surface area contributed by atoms with E-state index < -0.39 is 18.2 Å². The van der Waals surface area contributed by atoms with Crippen LogP contribution < -0.4 is 11.5 Å². The molecule has 8 nitrogen and oxygen atoms in total. The molecule has 0 bridgehead atoms. The van der Waals surface area contributed by atoms with Crippen molar-refractivity contribution in [1.82, 2.24) is 9.97 Å². The first-order valence-corrected chi connectivity index (χ1v) is 4.29. The van der Waals surface area contributed by atoms with Gasteiger partial charge in [0.05, 0.1) is 19.0 Å². The average molecular weight is 228 g/mol. The molecule has 0 saturated heterocycles. The molecular formula is C8H12N4O4. The lowest BCUT2D eigenvalue weighted by Gasteiger charge is -2.15. The van der Waals surface area contributed by atoms with E-state index >= 15 is 0 Å². The fourth-order valence-corrected chi connectivity index (χ4v) is 0.981. The number of methoxy groups -OCH3 is 1. The summed E-state index contributed by atoms with van der Waals surface area (Å²) in [5, 5.41) is 18.9. The van der Waals surface area contributed by atoms with E-state index in [1.165, 1.54) is 0 Å². The number of carbonyl (C=O) groups excluding carboxylic acids is 1. The van der Waals surface area contributed by atoms with Gasteiger partial charge >= 0.3 is 5.97 Å². The van der Waals surface area contributed by atoms with E-state index in [0.717, 1.165) is 13.3 Å². The van der Waals surface area contributed by atoms with Gasteiger partial charge in [-0.2, -0.15) is 0 Å². The molecule has 0 amide bonds.